The Bertz CT molecular complexity index is 230. The zero-order valence-corrected chi connectivity index (χ0v) is 9.30. The Morgan fingerprint density at radius 3 is 2.40 bits per heavy atom. The van der Waals surface area contributed by atoms with E-state index in [0.29, 0.717) is 0 Å². The molecule has 1 aromatic rings. The smallest absolute Gasteiger partial charge is 0.134 e. The molecule has 0 aromatic heterocycles. The minimum atomic E-state index is 0.880. The fourth-order valence-electron chi connectivity index (χ4n) is 0.698. The summed E-state index contributed by atoms with van der Waals surface area (Å²) in [6, 6.07) is 8.09. The highest BCUT2D eigenvalue weighted by Gasteiger charge is 1.85. The highest BCUT2D eigenvalue weighted by atomic mass is 79.9. The SMILES string of the molecule is [SiH3]/N=C/c1ccc(Br)cc1. The van der Waals surface area contributed by atoms with Crippen molar-refractivity contribution in [3.05, 3.63) is 34.3 Å². The van der Waals surface area contributed by atoms with Crippen LogP contribution in [0.1, 0.15) is 5.56 Å². The Balaban J connectivity index is 2.89. The molecule has 0 saturated carbocycles. The lowest BCUT2D eigenvalue weighted by atomic mass is 10.2. The lowest BCUT2D eigenvalue weighted by Gasteiger charge is -1.90. The van der Waals surface area contributed by atoms with Crippen LogP contribution in [0.3, 0.4) is 0 Å². The van der Waals surface area contributed by atoms with Gasteiger partial charge in [-0.2, -0.15) is 0 Å². The Morgan fingerprint density at radius 1 is 1.30 bits per heavy atom. The quantitative estimate of drug-likeness (QED) is 0.491. The van der Waals surface area contributed by atoms with Gasteiger partial charge >= 0.3 is 0 Å². The van der Waals surface area contributed by atoms with E-state index in [4.69, 9.17) is 0 Å². The van der Waals surface area contributed by atoms with Gasteiger partial charge in [0, 0.05) is 10.7 Å². The molecule has 0 spiro atoms. The van der Waals surface area contributed by atoms with Crippen LogP contribution >= 0.6 is 15.9 Å². The first-order chi connectivity index (χ1) is 4.83. The molecule has 0 fully saturated rings. The second-order valence-corrected chi connectivity index (χ2v) is 3.37. The van der Waals surface area contributed by atoms with Crippen molar-refractivity contribution >= 4 is 32.5 Å². The molecule has 0 saturated heterocycles. The van der Waals surface area contributed by atoms with Crippen LogP contribution in [0, 0.1) is 0 Å². The minimum absolute atomic E-state index is 0.880. The van der Waals surface area contributed by atoms with E-state index in [1.165, 1.54) is 5.56 Å². The Kier molecular flexibility index (Phi) is 2.83. The topological polar surface area (TPSA) is 12.4 Å². The summed E-state index contributed by atoms with van der Waals surface area (Å²) in [4.78, 5) is 0. The molecule has 1 rings (SSSR count). The molecule has 0 radical (unpaired) electrons. The van der Waals surface area contributed by atoms with Crippen LogP contribution in [-0.4, -0.2) is 16.6 Å². The maximum absolute atomic E-state index is 4.03. The molecule has 0 bridgehead atoms. The monoisotopic (exact) mass is 213 g/mol. The van der Waals surface area contributed by atoms with Crippen molar-refractivity contribution in [2.75, 3.05) is 0 Å². The van der Waals surface area contributed by atoms with Gasteiger partial charge in [-0.15, -0.1) is 0 Å². The third kappa shape index (κ3) is 2.08. The molecule has 0 atom stereocenters. The van der Waals surface area contributed by atoms with Crippen molar-refractivity contribution in [3.8, 4) is 0 Å². The molecule has 0 aliphatic rings. The average molecular weight is 214 g/mol. The fourth-order valence-corrected chi connectivity index (χ4v) is 1.26. The van der Waals surface area contributed by atoms with Gasteiger partial charge in [-0.25, -0.2) is 0 Å². The molecule has 0 aliphatic carbocycles. The van der Waals surface area contributed by atoms with Crippen LogP contribution in [0.2, 0.25) is 0 Å². The van der Waals surface area contributed by atoms with Crippen molar-refractivity contribution in [3.63, 3.8) is 0 Å². The van der Waals surface area contributed by atoms with E-state index in [2.05, 4.69) is 20.6 Å². The second kappa shape index (κ2) is 3.68. The normalized spacial score (nSPS) is 10.9. The zero-order valence-electron chi connectivity index (χ0n) is 5.71. The molecule has 52 valence electrons. The summed E-state index contributed by atoms with van der Waals surface area (Å²) in [6.07, 6.45) is 1.89. The highest BCUT2D eigenvalue weighted by molar-refractivity contribution is 9.10. The van der Waals surface area contributed by atoms with Gasteiger partial charge in [0.15, 0.2) is 0 Å². The molecule has 10 heavy (non-hydrogen) atoms. The molecular formula is C7H8BrNSi. The van der Waals surface area contributed by atoms with Crippen molar-refractivity contribution in [1.29, 1.82) is 0 Å². The maximum atomic E-state index is 4.03. The van der Waals surface area contributed by atoms with E-state index in [0.717, 1.165) is 14.9 Å². The van der Waals surface area contributed by atoms with Gasteiger partial charge in [-0.3, -0.25) is 0 Å². The first-order valence-corrected chi connectivity index (χ1v) is 4.69. The van der Waals surface area contributed by atoms with Crippen molar-refractivity contribution < 1.29 is 0 Å². The van der Waals surface area contributed by atoms with Crippen LogP contribution in [0.5, 0.6) is 0 Å². The number of hydrogen-bond donors (Lipinski definition) is 0. The van der Waals surface area contributed by atoms with Gasteiger partial charge in [0.25, 0.3) is 0 Å². The molecule has 0 unspecified atom stereocenters. The first kappa shape index (κ1) is 7.69. The summed E-state index contributed by atoms with van der Waals surface area (Å²) >= 11 is 3.36. The third-order valence-electron chi connectivity index (χ3n) is 1.15. The van der Waals surface area contributed by atoms with Crippen molar-refractivity contribution in [2.24, 2.45) is 4.66 Å². The molecule has 0 heterocycles. The van der Waals surface area contributed by atoms with Gasteiger partial charge in [0.05, 0.1) is 0 Å². The third-order valence-corrected chi connectivity index (χ3v) is 1.94. The maximum Gasteiger partial charge on any atom is 0.134 e. The van der Waals surface area contributed by atoms with E-state index in [1.54, 1.807) is 0 Å². The summed E-state index contributed by atoms with van der Waals surface area (Å²) in [7, 11) is 0.880. The average Bonchev–Trinajstić information content (AvgIpc) is 1.95. The van der Waals surface area contributed by atoms with E-state index >= 15 is 0 Å². The number of hydrogen-bond acceptors (Lipinski definition) is 1. The summed E-state index contributed by atoms with van der Waals surface area (Å²) < 4.78 is 5.14. The van der Waals surface area contributed by atoms with Gasteiger partial charge in [0.1, 0.15) is 10.4 Å². The predicted molar refractivity (Wildman–Crippen MR) is 51.7 cm³/mol. The Hall–Kier alpha value is -0.413. The van der Waals surface area contributed by atoms with Gasteiger partial charge in [0.2, 0.25) is 0 Å². The lowest BCUT2D eigenvalue weighted by Crippen LogP contribution is -1.78. The number of rotatable bonds is 1. The van der Waals surface area contributed by atoms with Crippen molar-refractivity contribution in [2.45, 2.75) is 0 Å². The summed E-state index contributed by atoms with van der Waals surface area (Å²) in [5, 5.41) is 0. The summed E-state index contributed by atoms with van der Waals surface area (Å²) in [6.45, 7) is 0. The molecule has 0 N–H and O–H groups in total. The molecule has 0 aliphatic heterocycles. The van der Waals surface area contributed by atoms with E-state index in [1.807, 2.05) is 30.5 Å². The van der Waals surface area contributed by atoms with Crippen LogP contribution < -0.4 is 0 Å². The summed E-state index contributed by atoms with van der Waals surface area (Å²) in [5.74, 6) is 0. The minimum Gasteiger partial charge on any atom is -0.340 e. The standard InChI is InChI=1S/C7H8BrNSi/c8-7-3-1-6(2-4-7)5-9-10/h1-5H,10H3/b9-5+. The number of halogens is 1. The lowest BCUT2D eigenvalue weighted by molar-refractivity contribution is 1.62. The summed E-state index contributed by atoms with van der Waals surface area (Å²) in [5.41, 5.74) is 1.16. The van der Waals surface area contributed by atoms with Gasteiger partial charge < -0.3 is 4.66 Å². The predicted octanol–water partition coefficient (Wildman–Crippen LogP) is 1.15. The van der Waals surface area contributed by atoms with E-state index < -0.39 is 0 Å². The Labute approximate surface area is 71.8 Å². The molecule has 1 aromatic carbocycles. The number of nitrogens with zero attached hydrogens (tertiary/aromatic N) is 1. The molecule has 1 nitrogen and oxygen atoms in total. The molecule has 3 heteroatoms. The number of benzene rings is 1. The van der Waals surface area contributed by atoms with Crippen LogP contribution in [0.4, 0.5) is 0 Å². The van der Waals surface area contributed by atoms with Crippen LogP contribution in [0.25, 0.3) is 0 Å². The molecular weight excluding hydrogens is 206 g/mol. The van der Waals surface area contributed by atoms with Gasteiger partial charge in [-0.05, 0) is 17.7 Å². The van der Waals surface area contributed by atoms with Gasteiger partial charge in [-0.1, -0.05) is 28.1 Å². The van der Waals surface area contributed by atoms with Crippen molar-refractivity contribution in [1.82, 2.24) is 0 Å². The second-order valence-electron chi connectivity index (χ2n) is 1.94. The van der Waals surface area contributed by atoms with E-state index in [9.17, 15) is 0 Å². The Morgan fingerprint density at radius 2 is 1.90 bits per heavy atom. The van der Waals surface area contributed by atoms with Crippen LogP contribution in [-0.2, 0) is 0 Å². The van der Waals surface area contributed by atoms with Crippen LogP contribution in [0.15, 0.2) is 33.4 Å². The largest absolute Gasteiger partial charge is 0.340 e. The molecule has 0 amide bonds. The highest BCUT2D eigenvalue weighted by Crippen LogP contribution is 2.08. The fraction of sp³-hybridized carbons (Fsp3) is 0. The van der Waals surface area contributed by atoms with E-state index in [-0.39, 0.29) is 0 Å². The first-order valence-electron chi connectivity index (χ1n) is 3.00. The zero-order chi connectivity index (χ0) is 7.40.